The van der Waals surface area contributed by atoms with Gasteiger partial charge in [-0.1, -0.05) is 6.07 Å². The second kappa shape index (κ2) is 14.3. The van der Waals surface area contributed by atoms with Gasteiger partial charge in [-0.15, -0.1) is 5.06 Å². The number of hydrogen-bond donors (Lipinski definition) is 5. The summed E-state index contributed by atoms with van der Waals surface area (Å²) in [6.07, 6.45) is -7.55. The number of hydrogen-bond acceptors (Lipinski definition) is 12. The number of imide groups is 1. The molecule has 2 saturated heterocycles. The van der Waals surface area contributed by atoms with Crippen molar-refractivity contribution >= 4 is 60.7 Å². The molecule has 0 saturated carbocycles. The average Bonchev–Trinajstić information content (AvgIpc) is 3.86. The number of likely N-dealkylation sites (tertiary alicyclic amines) is 1. The molecule has 0 aromatic heterocycles. The molecular weight excluding hydrogens is 699 g/mol. The molecule has 0 spiro atoms. The number of rotatable bonds is 9. The SMILES string of the molecule is C[C@@H](O)[C@H](CC(=O)ON1C(=O)CCC1=O)NC(=O)[C@@H]1C[C@@H](NC(=O)c2cc3c(c(C(F)(F)F)c2)COB3O)CN1C(=O)c1ccc2c(c1)B(O)OC2. The van der Waals surface area contributed by atoms with E-state index in [1.807, 2.05) is 0 Å². The van der Waals surface area contributed by atoms with Crippen molar-refractivity contribution in [3.05, 3.63) is 58.1 Å². The maximum atomic E-state index is 13.9. The quantitative estimate of drug-likeness (QED) is 0.140. The predicted octanol–water partition coefficient (Wildman–Crippen LogP) is -1.98. The number of benzene rings is 2. The Morgan fingerprint density at radius 1 is 1.00 bits per heavy atom. The first-order valence-electron chi connectivity index (χ1n) is 16.1. The molecule has 5 N–H and O–H groups in total. The van der Waals surface area contributed by atoms with Gasteiger partial charge in [-0.05, 0) is 59.7 Å². The number of aliphatic hydroxyl groups excluding tert-OH is 1. The van der Waals surface area contributed by atoms with Gasteiger partial charge in [0.15, 0.2) is 0 Å². The van der Waals surface area contributed by atoms with Gasteiger partial charge in [0.1, 0.15) is 6.04 Å². The molecule has 4 heterocycles. The molecular formula is C31H31B2F3N4O12. The van der Waals surface area contributed by atoms with E-state index in [1.165, 1.54) is 19.1 Å². The number of carbonyl (C=O) groups is 6. The third kappa shape index (κ3) is 7.40. The lowest BCUT2D eigenvalue weighted by molar-refractivity contribution is -0.198. The van der Waals surface area contributed by atoms with Crippen LogP contribution in [0.25, 0.3) is 0 Å². The van der Waals surface area contributed by atoms with Crippen molar-refractivity contribution in [1.29, 1.82) is 0 Å². The van der Waals surface area contributed by atoms with Crippen LogP contribution >= 0.6 is 0 Å². The number of alkyl halides is 3. The highest BCUT2D eigenvalue weighted by Crippen LogP contribution is 2.34. The normalized spacial score (nSPS) is 20.9. The number of nitrogens with one attached hydrogen (secondary N) is 2. The molecule has 4 atom stereocenters. The maximum Gasteiger partial charge on any atom is 0.491 e. The monoisotopic (exact) mass is 730 g/mol. The van der Waals surface area contributed by atoms with Gasteiger partial charge in [-0.3, -0.25) is 24.0 Å². The number of fused-ring (bicyclic) bond motifs is 2. The molecule has 2 aromatic rings. The van der Waals surface area contributed by atoms with Gasteiger partial charge in [-0.25, -0.2) is 4.79 Å². The van der Waals surface area contributed by atoms with Gasteiger partial charge in [0, 0.05) is 36.6 Å². The van der Waals surface area contributed by atoms with Crippen LogP contribution in [0, 0.1) is 0 Å². The molecule has 0 bridgehead atoms. The Bertz CT molecular complexity index is 1830. The van der Waals surface area contributed by atoms with Crippen LogP contribution in [0.5, 0.6) is 0 Å². The van der Waals surface area contributed by atoms with Crippen molar-refractivity contribution < 1.29 is 71.2 Å². The van der Waals surface area contributed by atoms with E-state index in [4.69, 9.17) is 14.1 Å². The molecule has 5 amide bonds. The Kier molecular flexibility index (Phi) is 10.2. The minimum atomic E-state index is -4.88. The fraction of sp³-hybridized carbons (Fsp3) is 0.419. The Balaban J connectivity index is 1.23. The van der Waals surface area contributed by atoms with Gasteiger partial charge in [0.2, 0.25) is 5.91 Å². The van der Waals surface area contributed by atoms with Crippen molar-refractivity contribution in [2.24, 2.45) is 0 Å². The van der Waals surface area contributed by atoms with E-state index < -0.39 is 104 Å². The molecule has 0 aliphatic carbocycles. The maximum absolute atomic E-state index is 13.9. The van der Waals surface area contributed by atoms with Crippen LogP contribution in [0.15, 0.2) is 30.3 Å². The summed E-state index contributed by atoms with van der Waals surface area (Å²) in [6.45, 7) is 0.507. The van der Waals surface area contributed by atoms with Gasteiger partial charge >= 0.3 is 26.4 Å². The lowest BCUT2D eigenvalue weighted by Crippen LogP contribution is -2.52. The van der Waals surface area contributed by atoms with Crippen molar-refractivity contribution in [1.82, 2.24) is 20.6 Å². The second-order valence-corrected chi connectivity index (χ2v) is 12.8. The third-order valence-corrected chi connectivity index (χ3v) is 9.25. The lowest BCUT2D eigenvalue weighted by atomic mass is 9.77. The minimum absolute atomic E-state index is 0.0334. The predicted molar refractivity (Wildman–Crippen MR) is 169 cm³/mol. The van der Waals surface area contributed by atoms with Crippen LogP contribution in [-0.2, 0) is 52.7 Å². The molecule has 6 rings (SSSR count). The van der Waals surface area contributed by atoms with E-state index in [0.29, 0.717) is 22.2 Å². The zero-order chi connectivity index (χ0) is 37.6. The van der Waals surface area contributed by atoms with Crippen molar-refractivity contribution in [2.75, 3.05) is 6.54 Å². The van der Waals surface area contributed by atoms with Gasteiger partial charge in [0.05, 0.1) is 37.3 Å². The van der Waals surface area contributed by atoms with Gasteiger partial charge in [-0.2, -0.15) is 13.2 Å². The Hall–Kier alpha value is -4.82. The highest BCUT2D eigenvalue weighted by molar-refractivity contribution is 6.62. The Morgan fingerprint density at radius 2 is 1.65 bits per heavy atom. The zero-order valence-electron chi connectivity index (χ0n) is 27.3. The third-order valence-electron chi connectivity index (χ3n) is 9.25. The minimum Gasteiger partial charge on any atom is -0.423 e. The summed E-state index contributed by atoms with van der Waals surface area (Å²) < 4.78 is 51.8. The second-order valence-electron chi connectivity index (χ2n) is 12.8. The molecule has 52 heavy (non-hydrogen) atoms. The van der Waals surface area contributed by atoms with Crippen LogP contribution in [0.3, 0.4) is 0 Å². The van der Waals surface area contributed by atoms with Crippen LogP contribution in [-0.4, -0.2) is 106 Å². The molecule has 21 heteroatoms. The summed E-state index contributed by atoms with van der Waals surface area (Å²) in [5.41, 5.74) is -1.20. The van der Waals surface area contributed by atoms with E-state index in [0.717, 1.165) is 11.0 Å². The molecule has 0 radical (unpaired) electrons. The summed E-state index contributed by atoms with van der Waals surface area (Å²) in [5, 5.41) is 36.0. The fourth-order valence-corrected chi connectivity index (χ4v) is 6.51. The fourth-order valence-electron chi connectivity index (χ4n) is 6.51. The first kappa shape index (κ1) is 37.0. The summed E-state index contributed by atoms with van der Waals surface area (Å²) in [5.74, 6) is -5.22. The largest absolute Gasteiger partial charge is 0.491 e. The average molecular weight is 730 g/mol. The number of aliphatic hydroxyl groups is 1. The Labute approximate surface area is 293 Å². The van der Waals surface area contributed by atoms with E-state index in [2.05, 4.69) is 10.6 Å². The summed E-state index contributed by atoms with van der Waals surface area (Å²) in [4.78, 5) is 83.3. The number of nitrogens with zero attached hydrogens (tertiary/aromatic N) is 2. The van der Waals surface area contributed by atoms with Crippen molar-refractivity contribution in [2.45, 2.75) is 76.2 Å². The van der Waals surface area contributed by atoms with Crippen molar-refractivity contribution in [3.63, 3.8) is 0 Å². The standard InChI is InChI=1S/C31H31B2F3N4O12/c1-14(41)23(10-27(44)52-40-25(42)4-5-26(40)43)38-29(46)24-9-18(11-39(24)30(47)15-2-3-16-12-50-32(48)21(16)7-15)37-28(45)17-6-20(31(34,35)36)19-13-51-33(49)22(19)8-17/h2-3,6-8,14,18,23-24,41,48-49H,4-5,9-13H2,1H3,(H,37,45)(H,38,46)/t14-,18-,23+,24+/m1/s1. The van der Waals surface area contributed by atoms with E-state index in [1.54, 1.807) is 6.07 Å². The zero-order valence-corrected chi connectivity index (χ0v) is 27.3. The summed E-state index contributed by atoms with van der Waals surface area (Å²) >= 11 is 0. The molecule has 2 fully saturated rings. The number of amides is 5. The van der Waals surface area contributed by atoms with Crippen LogP contribution in [0.2, 0.25) is 0 Å². The number of carbonyl (C=O) groups excluding carboxylic acids is 6. The highest BCUT2D eigenvalue weighted by Gasteiger charge is 2.44. The summed E-state index contributed by atoms with van der Waals surface area (Å²) in [7, 11) is -2.99. The Morgan fingerprint density at radius 3 is 2.33 bits per heavy atom. The van der Waals surface area contributed by atoms with Crippen LogP contribution in [0.1, 0.15) is 70.0 Å². The molecule has 274 valence electrons. The topological polar surface area (TPSA) is 221 Å². The van der Waals surface area contributed by atoms with Gasteiger partial charge < -0.3 is 44.8 Å². The first-order valence-corrected chi connectivity index (χ1v) is 16.1. The number of halogens is 3. The number of hydroxylamine groups is 2. The molecule has 4 aliphatic rings. The smallest absolute Gasteiger partial charge is 0.423 e. The van der Waals surface area contributed by atoms with E-state index in [9.17, 15) is 57.1 Å². The highest BCUT2D eigenvalue weighted by atomic mass is 19.4. The van der Waals surface area contributed by atoms with E-state index >= 15 is 0 Å². The van der Waals surface area contributed by atoms with E-state index in [-0.39, 0.29) is 49.0 Å². The van der Waals surface area contributed by atoms with Crippen molar-refractivity contribution in [3.8, 4) is 0 Å². The first-order chi connectivity index (χ1) is 24.5. The molecule has 0 unspecified atom stereocenters. The molecule has 4 aliphatic heterocycles. The van der Waals surface area contributed by atoms with Crippen LogP contribution in [0.4, 0.5) is 13.2 Å². The lowest BCUT2D eigenvalue weighted by Gasteiger charge is -2.27. The molecule has 2 aromatic carbocycles. The summed E-state index contributed by atoms with van der Waals surface area (Å²) in [6, 6.07) is 2.33. The van der Waals surface area contributed by atoms with Gasteiger partial charge in [0.25, 0.3) is 23.6 Å². The van der Waals surface area contributed by atoms with Crippen LogP contribution < -0.4 is 21.6 Å². The molecule has 16 nitrogen and oxygen atoms in total.